The van der Waals surface area contributed by atoms with E-state index in [1.165, 1.54) is 11.3 Å². The highest BCUT2D eigenvalue weighted by Gasteiger charge is 2.13. The molecule has 3 N–H and O–H groups in total. The van der Waals surface area contributed by atoms with Crippen molar-refractivity contribution in [1.29, 1.82) is 0 Å². The van der Waals surface area contributed by atoms with Gasteiger partial charge in [0, 0.05) is 5.69 Å². The van der Waals surface area contributed by atoms with Crippen LogP contribution in [0.25, 0.3) is 10.2 Å². The maximum atomic E-state index is 12.3. The smallest absolute Gasteiger partial charge is 0.259 e. The number of nitrogens with two attached hydrogens (primary N) is 1. The number of nitrogen functional groups attached to an aromatic ring is 1. The van der Waals surface area contributed by atoms with Crippen LogP contribution < -0.4 is 11.1 Å². The second-order valence-corrected chi connectivity index (χ2v) is 5.72. The number of nitrogens with one attached hydrogen (secondary N) is 1. The van der Waals surface area contributed by atoms with Gasteiger partial charge < -0.3 is 5.73 Å². The number of nitrogens with zero attached hydrogens (tertiary/aromatic N) is 3. The number of rotatable bonds is 2. The minimum absolute atomic E-state index is 0.238. The number of carbonyl (C=O) groups excluding carboxylic acids is 1. The molecule has 1 amide bonds. The maximum Gasteiger partial charge on any atom is 0.259 e. The van der Waals surface area contributed by atoms with Gasteiger partial charge in [-0.05, 0) is 38.1 Å². The number of anilines is 2. The van der Waals surface area contributed by atoms with E-state index in [9.17, 15) is 4.79 Å². The standard InChI is InChI=1S/C14H13N5OS/c1-7-5-10(8(2)19-18-7)13(20)17-14-16-11-4-3-9(15)6-12(11)21-14/h3-6H,15H2,1-2H3,(H,16,17,20). The first-order valence-corrected chi connectivity index (χ1v) is 7.13. The largest absolute Gasteiger partial charge is 0.399 e. The predicted octanol–water partition coefficient (Wildman–Crippen LogP) is 2.54. The van der Waals surface area contributed by atoms with E-state index in [1.807, 2.05) is 12.1 Å². The lowest BCUT2D eigenvalue weighted by Gasteiger charge is -2.04. The lowest BCUT2D eigenvalue weighted by Crippen LogP contribution is -2.14. The Kier molecular flexibility index (Phi) is 3.26. The fraction of sp³-hybridized carbons (Fsp3) is 0.143. The first-order valence-electron chi connectivity index (χ1n) is 6.31. The summed E-state index contributed by atoms with van der Waals surface area (Å²) in [5.41, 5.74) is 9.01. The maximum absolute atomic E-state index is 12.3. The van der Waals surface area contributed by atoms with Crippen molar-refractivity contribution in [2.45, 2.75) is 13.8 Å². The van der Waals surface area contributed by atoms with Crippen molar-refractivity contribution in [2.75, 3.05) is 11.1 Å². The Balaban J connectivity index is 1.90. The lowest BCUT2D eigenvalue weighted by molar-refractivity contribution is 0.102. The molecule has 3 aromatic rings. The molecule has 0 aliphatic carbocycles. The van der Waals surface area contributed by atoms with Gasteiger partial charge in [-0.1, -0.05) is 11.3 Å². The minimum Gasteiger partial charge on any atom is -0.399 e. The van der Waals surface area contributed by atoms with E-state index in [2.05, 4.69) is 20.5 Å². The van der Waals surface area contributed by atoms with Crippen LogP contribution in [0.3, 0.4) is 0 Å². The zero-order valence-electron chi connectivity index (χ0n) is 11.5. The lowest BCUT2D eigenvalue weighted by atomic mass is 10.2. The zero-order valence-corrected chi connectivity index (χ0v) is 12.4. The molecule has 7 heteroatoms. The fourth-order valence-electron chi connectivity index (χ4n) is 1.94. The number of thiazole rings is 1. The average molecular weight is 299 g/mol. The third-order valence-electron chi connectivity index (χ3n) is 2.98. The molecule has 1 aromatic carbocycles. The number of hydrogen-bond donors (Lipinski definition) is 2. The molecule has 2 heterocycles. The molecular weight excluding hydrogens is 286 g/mol. The molecule has 0 saturated carbocycles. The molecule has 0 fully saturated rings. The number of carbonyl (C=O) groups is 1. The number of aromatic nitrogens is 3. The molecule has 21 heavy (non-hydrogen) atoms. The van der Waals surface area contributed by atoms with E-state index in [0.29, 0.717) is 27.8 Å². The van der Waals surface area contributed by atoms with Gasteiger partial charge in [0.15, 0.2) is 5.13 Å². The second kappa shape index (κ2) is 5.10. The number of amides is 1. The van der Waals surface area contributed by atoms with Crippen molar-refractivity contribution in [1.82, 2.24) is 15.2 Å². The zero-order chi connectivity index (χ0) is 15.0. The Bertz CT molecular complexity index is 842. The van der Waals surface area contributed by atoms with Gasteiger partial charge >= 0.3 is 0 Å². The van der Waals surface area contributed by atoms with Gasteiger partial charge in [-0.25, -0.2) is 4.98 Å². The highest BCUT2D eigenvalue weighted by molar-refractivity contribution is 7.22. The van der Waals surface area contributed by atoms with E-state index in [1.54, 1.807) is 26.0 Å². The Hall–Kier alpha value is -2.54. The van der Waals surface area contributed by atoms with Gasteiger partial charge in [0.25, 0.3) is 5.91 Å². The minimum atomic E-state index is -0.238. The quantitative estimate of drug-likeness (QED) is 0.709. The van der Waals surface area contributed by atoms with Crippen LogP contribution in [0.2, 0.25) is 0 Å². The molecule has 0 unspecified atom stereocenters. The summed E-state index contributed by atoms with van der Waals surface area (Å²) in [4.78, 5) is 16.7. The van der Waals surface area contributed by atoms with Crippen molar-refractivity contribution < 1.29 is 4.79 Å². The molecule has 3 rings (SSSR count). The number of benzene rings is 1. The number of hydrogen-bond acceptors (Lipinski definition) is 6. The topological polar surface area (TPSA) is 93.8 Å². The van der Waals surface area contributed by atoms with Gasteiger partial charge in [0.1, 0.15) is 0 Å². The molecule has 0 saturated heterocycles. The monoisotopic (exact) mass is 299 g/mol. The Morgan fingerprint density at radius 1 is 1.24 bits per heavy atom. The molecule has 0 bridgehead atoms. The van der Waals surface area contributed by atoms with E-state index in [0.717, 1.165) is 10.2 Å². The van der Waals surface area contributed by atoms with Crippen molar-refractivity contribution in [3.05, 3.63) is 41.2 Å². The number of aryl methyl sites for hydroxylation is 2. The van der Waals surface area contributed by atoms with Crippen molar-refractivity contribution in [3.8, 4) is 0 Å². The van der Waals surface area contributed by atoms with Gasteiger partial charge in [-0.3, -0.25) is 10.1 Å². The average Bonchev–Trinajstić information content (AvgIpc) is 2.82. The molecule has 0 atom stereocenters. The van der Waals surface area contributed by atoms with Gasteiger partial charge in [0.2, 0.25) is 0 Å². The highest BCUT2D eigenvalue weighted by atomic mass is 32.1. The van der Waals surface area contributed by atoms with E-state index in [-0.39, 0.29) is 5.91 Å². The van der Waals surface area contributed by atoms with Crippen LogP contribution in [-0.2, 0) is 0 Å². The summed E-state index contributed by atoms with van der Waals surface area (Å²) in [5, 5.41) is 11.2. The molecule has 2 aromatic heterocycles. The van der Waals surface area contributed by atoms with Crippen molar-refractivity contribution in [2.24, 2.45) is 0 Å². The van der Waals surface area contributed by atoms with Crippen molar-refractivity contribution in [3.63, 3.8) is 0 Å². The SMILES string of the molecule is Cc1cc(C(=O)Nc2nc3ccc(N)cc3s2)c(C)nn1. The highest BCUT2D eigenvalue weighted by Crippen LogP contribution is 2.27. The van der Waals surface area contributed by atoms with E-state index < -0.39 is 0 Å². The van der Waals surface area contributed by atoms with Crippen LogP contribution in [-0.4, -0.2) is 21.1 Å². The van der Waals surface area contributed by atoms with Gasteiger partial charge in [0.05, 0.1) is 27.2 Å². The van der Waals surface area contributed by atoms with Crippen LogP contribution in [0.4, 0.5) is 10.8 Å². The van der Waals surface area contributed by atoms with E-state index in [4.69, 9.17) is 5.73 Å². The third kappa shape index (κ3) is 2.68. The van der Waals surface area contributed by atoms with Crippen molar-refractivity contribution >= 4 is 38.3 Å². The normalized spacial score (nSPS) is 10.8. The predicted molar refractivity (Wildman–Crippen MR) is 83.5 cm³/mol. The van der Waals surface area contributed by atoms with E-state index >= 15 is 0 Å². The first-order chi connectivity index (χ1) is 10.0. The third-order valence-corrected chi connectivity index (χ3v) is 3.91. The van der Waals surface area contributed by atoms with Crippen LogP contribution in [0, 0.1) is 13.8 Å². The first kappa shape index (κ1) is 13.4. The van der Waals surface area contributed by atoms with Crippen LogP contribution in [0.1, 0.15) is 21.7 Å². The Morgan fingerprint density at radius 2 is 2.05 bits per heavy atom. The summed E-state index contributed by atoms with van der Waals surface area (Å²) in [6.45, 7) is 3.55. The fourth-order valence-corrected chi connectivity index (χ4v) is 2.85. The van der Waals surface area contributed by atoms with Gasteiger partial charge in [-0.15, -0.1) is 0 Å². The van der Waals surface area contributed by atoms with Gasteiger partial charge in [-0.2, -0.15) is 10.2 Å². The molecule has 0 spiro atoms. The summed E-state index contributed by atoms with van der Waals surface area (Å²) in [6.07, 6.45) is 0. The number of fused-ring (bicyclic) bond motifs is 1. The molecular formula is C14H13N5OS. The molecule has 106 valence electrons. The molecule has 0 radical (unpaired) electrons. The summed E-state index contributed by atoms with van der Waals surface area (Å²) < 4.78 is 0.936. The summed E-state index contributed by atoms with van der Waals surface area (Å²) >= 11 is 1.39. The Labute approximate surface area is 125 Å². The molecule has 0 aliphatic heterocycles. The molecule has 0 aliphatic rings. The summed E-state index contributed by atoms with van der Waals surface area (Å²) in [7, 11) is 0. The summed E-state index contributed by atoms with van der Waals surface area (Å²) in [5.74, 6) is -0.238. The summed E-state index contributed by atoms with van der Waals surface area (Å²) in [6, 6.07) is 7.17. The van der Waals surface area contributed by atoms with Crippen LogP contribution in [0.15, 0.2) is 24.3 Å². The van der Waals surface area contributed by atoms with Crippen LogP contribution in [0.5, 0.6) is 0 Å². The van der Waals surface area contributed by atoms with Crippen LogP contribution >= 0.6 is 11.3 Å². The second-order valence-electron chi connectivity index (χ2n) is 4.69. The molecule has 6 nitrogen and oxygen atoms in total. The Morgan fingerprint density at radius 3 is 2.86 bits per heavy atom.